The Morgan fingerprint density at radius 2 is 2.00 bits per heavy atom. The number of unbranched alkanes of at least 4 members (excludes halogenated alkanes) is 3. The summed E-state index contributed by atoms with van der Waals surface area (Å²) in [5.41, 5.74) is 5.34. The van der Waals surface area contributed by atoms with Crippen molar-refractivity contribution in [2.24, 2.45) is 5.73 Å². The monoisotopic (exact) mass is 185 g/mol. The predicted molar refractivity (Wildman–Crippen MR) is 55.1 cm³/mol. The lowest BCUT2D eigenvalue weighted by Gasteiger charge is -2.03. The van der Waals surface area contributed by atoms with Gasteiger partial charge in [0.05, 0.1) is 0 Å². The van der Waals surface area contributed by atoms with E-state index in [2.05, 4.69) is 12.2 Å². The van der Waals surface area contributed by atoms with Crippen LogP contribution in [0.15, 0.2) is 0 Å². The molecule has 0 saturated carbocycles. The largest absolute Gasteiger partial charge is 0.356 e. The zero-order chi connectivity index (χ0) is 9.94. The third-order valence-corrected chi connectivity index (χ3v) is 1.86. The first kappa shape index (κ1) is 12.4. The SMILES string of the molecule is [CH2]CCCC(=O)NCCCCCN. The quantitative estimate of drug-likeness (QED) is 0.559. The molecule has 0 aromatic rings. The van der Waals surface area contributed by atoms with Crippen LogP contribution in [0.2, 0.25) is 0 Å². The van der Waals surface area contributed by atoms with Crippen molar-refractivity contribution < 1.29 is 4.79 Å². The highest BCUT2D eigenvalue weighted by atomic mass is 16.1. The number of carbonyl (C=O) groups excluding carboxylic acids is 1. The molecular formula is C10H21N2O. The summed E-state index contributed by atoms with van der Waals surface area (Å²) < 4.78 is 0. The lowest BCUT2D eigenvalue weighted by atomic mass is 10.2. The van der Waals surface area contributed by atoms with Crippen LogP contribution in [-0.2, 0) is 4.79 Å². The minimum absolute atomic E-state index is 0.149. The molecule has 0 rings (SSSR count). The first-order chi connectivity index (χ1) is 6.31. The molecule has 0 aliphatic carbocycles. The minimum atomic E-state index is 0.149. The van der Waals surface area contributed by atoms with E-state index in [0.29, 0.717) is 6.42 Å². The van der Waals surface area contributed by atoms with Crippen LogP contribution in [0.4, 0.5) is 0 Å². The van der Waals surface area contributed by atoms with E-state index in [9.17, 15) is 4.79 Å². The number of nitrogens with two attached hydrogens (primary N) is 1. The molecule has 3 N–H and O–H groups in total. The average molecular weight is 185 g/mol. The molecular weight excluding hydrogens is 164 g/mol. The second-order valence-corrected chi connectivity index (χ2v) is 3.16. The summed E-state index contributed by atoms with van der Waals surface area (Å²) in [5.74, 6) is 0.149. The van der Waals surface area contributed by atoms with E-state index in [1.54, 1.807) is 0 Å². The number of carbonyl (C=O) groups is 1. The topological polar surface area (TPSA) is 55.1 Å². The van der Waals surface area contributed by atoms with E-state index in [1.807, 2.05) is 0 Å². The number of nitrogens with one attached hydrogen (secondary N) is 1. The van der Waals surface area contributed by atoms with Crippen molar-refractivity contribution in [2.45, 2.75) is 38.5 Å². The van der Waals surface area contributed by atoms with Crippen molar-refractivity contribution in [3.05, 3.63) is 6.92 Å². The maximum atomic E-state index is 11.1. The van der Waals surface area contributed by atoms with Gasteiger partial charge in [0.1, 0.15) is 0 Å². The second-order valence-electron chi connectivity index (χ2n) is 3.16. The van der Waals surface area contributed by atoms with Crippen molar-refractivity contribution in [2.75, 3.05) is 13.1 Å². The molecule has 0 unspecified atom stereocenters. The highest BCUT2D eigenvalue weighted by Crippen LogP contribution is 1.94. The molecule has 0 aliphatic heterocycles. The molecule has 0 heterocycles. The van der Waals surface area contributed by atoms with Crippen LogP contribution in [0.5, 0.6) is 0 Å². The number of hydrogen-bond acceptors (Lipinski definition) is 2. The molecule has 0 aliphatic rings. The van der Waals surface area contributed by atoms with Crippen LogP contribution >= 0.6 is 0 Å². The second kappa shape index (κ2) is 9.52. The summed E-state index contributed by atoms with van der Waals surface area (Å²) in [6.07, 6.45) is 5.52. The van der Waals surface area contributed by atoms with Crippen LogP contribution in [0.25, 0.3) is 0 Å². The third kappa shape index (κ3) is 9.34. The number of hydrogen-bond donors (Lipinski definition) is 2. The van der Waals surface area contributed by atoms with Gasteiger partial charge in [-0.15, -0.1) is 0 Å². The standard InChI is InChI=1S/C10H21N2O/c1-2-3-7-10(13)12-9-6-4-5-8-11/h1-9,11H2,(H,12,13). The van der Waals surface area contributed by atoms with Crippen molar-refractivity contribution in [3.8, 4) is 0 Å². The molecule has 1 radical (unpaired) electrons. The Kier molecular flexibility index (Phi) is 9.10. The maximum absolute atomic E-state index is 11.1. The summed E-state index contributed by atoms with van der Waals surface area (Å²) in [5, 5.41) is 2.87. The van der Waals surface area contributed by atoms with Crippen molar-refractivity contribution in [3.63, 3.8) is 0 Å². The van der Waals surface area contributed by atoms with Gasteiger partial charge in [0.2, 0.25) is 5.91 Å². The molecule has 3 nitrogen and oxygen atoms in total. The molecule has 0 spiro atoms. The van der Waals surface area contributed by atoms with E-state index in [4.69, 9.17) is 5.73 Å². The fourth-order valence-corrected chi connectivity index (χ4v) is 1.05. The molecule has 0 aromatic carbocycles. The summed E-state index contributed by atoms with van der Waals surface area (Å²) in [7, 11) is 0. The molecule has 0 fully saturated rings. The highest BCUT2D eigenvalue weighted by molar-refractivity contribution is 5.75. The van der Waals surface area contributed by atoms with Gasteiger partial charge in [-0.05, 0) is 25.8 Å². The molecule has 0 bridgehead atoms. The van der Waals surface area contributed by atoms with E-state index in [1.165, 1.54) is 0 Å². The van der Waals surface area contributed by atoms with Gasteiger partial charge in [0.15, 0.2) is 0 Å². The first-order valence-corrected chi connectivity index (χ1v) is 5.07. The summed E-state index contributed by atoms with van der Waals surface area (Å²) in [6, 6.07) is 0. The Labute approximate surface area is 81.1 Å². The van der Waals surface area contributed by atoms with Gasteiger partial charge < -0.3 is 11.1 Å². The normalized spacial score (nSPS) is 10.0. The van der Waals surface area contributed by atoms with Crippen molar-refractivity contribution in [1.82, 2.24) is 5.32 Å². The lowest BCUT2D eigenvalue weighted by Crippen LogP contribution is -2.24. The Hall–Kier alpha value is -0.570. The zero-order valence-corrected chi connectivity index (χ0v) is 8.35. The van der Waals surface area contributed by atoms with Crippen LogP contribution < -0.4 is 11.1 Å². The third-order valence-electron chi connectivity index (χ3n) is 1.86. The predicted octanol–water partition coefficient (Wildman–Crippen LogP) is 1.24. The van der Waals surface area contributed by atoms with Gasteiger partial charge in [-0.1, -0.05) is 19.8 Å². The van der Waals surface area contributed by atoms with Crippen LogP contribution in [0.3, 0.4) is 0 Å². The van der Waals surface area contributed by atoms with Crippen LogP contribution in [0, 0.1) is 6.92 Å². The fraction of sp³-hybridized carbons (Fsp3) is 0.800. The number of amides is 1. The molecule has 77 valence electrons. The number of rotatable bonds is 8. The van der Waals surface area contributed by atoms with Crippen molar-refractivity contribution in [1.29, 1.82) is 0 Å². The molecule has 3 heteroatoms. The molecule has 0 saturated heterocycles. The molecule has 0 aromatic heterocycles. The summed E-state index contributed by atoms with van der Waals surface area (Å²) in [6.45, 7) is 5.22. The Balaban J connectivity index is 3.08. The van der Waals surface area contributed by atoms with Crippen LogP contribution in [0.1, 0.15) is 38.5 Å². The van der Waals surface area contributed by atoms with E-state index < -0.39 is 0 Å². The van der Waals surface area contributed by atoms with Gasteiger partial charge in [0.25, 0.3) is 0 Å². The maximum Gasteiger partial charge on any atom is 0.219 e. The first-order valence-electron chi connectivity index (χ1n) is 5.07. The van der Waals surface area contributed by atoms with Gasteiger partial charge >= 0.3 is 0 Å². The van der Waals surface area contributed by atoms with Gasteiger partial charge in [-0.25, -0.2) is 0 Å². The fourth-order valence-electron chi connectivity index (χ4n) is 1.05. The summed E-state index contributed by atoms with van der Waals surface area (Å²) in [4.78, 5) is 11.1. The zero-order valence-electron chi connectivity index (χ0n) is 8.35. The molecule has 1 amide bonds. The molecule has 0 atom stereocenters. The molecule has 13 heavy (non-hydrogen) atoms. The lowest BCUT2D eigenvalue weighted by molar-refractivity contribution is -0.121. The Morgan fingerprint density at radius 3 is 2.62 bits per heavy atom. The Morgan fingerprint density at radius 1 is 1.23 bits per heavy atom. The highest BCUT2D eigenvalue weighted by Gasteiger charge is 1.97. The van der Waals surface area contributed by atoms with Crippen molar-refractivity contribution >= 4 is 5.91 Å². The Bertz CT molecular complexity index is 126. The van der Waals surface area contributed by atoms with Gasteiger partial charge in [-0.3, -0.25) is 4.79 Å². The minimum Gasteiger partial charge on any atom is -0.356 e. The summed E-state index contributed by atoms with van der Waals surface area (Å²) >= 11 is 0. The van der Waals surface area contributed by atoms with Gasteiger partial charge in [-0.2, -0.15) is 0 Å². The van der Waals surface area contributed by atoms with E-state index in [-0.39, 0.29) is 5.91 Å². The van der Waals surface area contributed by atoms with Crippen LogP contribution in [-0.4, -0.2) is 19.0 Å². The van der Waals surface area contributed by atoms with E-state index in [0.717, 1.165) is 45.2 Å². The van der Waals surface area contributed by atoms with Gasteiger partial charge in [0, 0.05) is 13.0 Å². The smallest absolute Gasteiger partial charge is 0.219 e. The van der Waals surface area contributed by atoms with E-state index >= 15 is 0 Å². The average Bonchev–Trinajstić information content (AvgIpc) is 2.14.